The maximum atomic E-state index is 11.2. The quantitative estimate of drug-likeness (QED) is 0.719. The van der Waals surface area contributed by atoms with E-state index in [4.69, 9.17) is 10.7 Å². The predicted octanol–water partition coefficient (Wildman–Crippen LogP) is 1.09. The van der Waals surface area contributed by atoms with E-state index >= 15 is 0 Å². The van der Waals surface area contributed by atoms with Crippen LogP contribution in [-0.2, 0) is 0 Å². The van der Waals surface area contributed by atoms with Crippen molar-refractivity contribution in [2.75, 3.05) is 5.32 Å². The van der Waals surface area contributed by atoms with E-state index in [0.717, 1.165) is 6.07 Å². The molecule has 1 heterocycles. The summed E-state index contributed by atoms with van der Waals surface area (Å²) in [6.07, 6.45) is 0. The molecule has 6 heteroatoms. The number of aromatic hydroxyl groups is 1. The zero-order valence-electron chi connectivity index (χ0n) is 12.3. The number of hydrogen-bond donors (Lipinski definition) is 3. The number of nitriles is 1. The normalized spacial score (nSPS) is 12.9. The molecule has 0 unspecified atom stereocenters. The largest absolute Gasteiger partial charge is 0.493 e. The molecule has 3 N–H and O–H groups in total. The van der Waals surface area contributed by atoms with Crippen LogP contribution in [0.4, 0.5) is 11.6 Å². The van der Waals surface area contributed by atoms with Crippen LogP contribution in [0.2, 0.25) is 0 Å². The number of aromatic nitrogens is 2. The highest BCUT2D eigenvalue weighted by molar-refractivity contribution is 5.54. The van der Waals surface area contributed by atoms with Crippen molar-refractivity contribution < 1.29 is 10.6 Å². The van der Waals surface area contributed by atoms with Crippen molar-refractivity contribution in [3.05, 3.63) is 46.2 Å². The van der Waals surface area contributed by atoms with Crippen LogP contribution in [-0.4, -0.2) is 15.1 Å². The highest BCUT2D eigenvalue weighted by Crippen LogP contribution is 2.13. The lowest BCUT2D eigenvalue weighted by Gasteiger charge is -2.04. The second-order valence-electron chi connectivity index (χ2n) is 2.94. The summed E-state index contributed by atoms with van der Waals surface area (Å²) >= 11 is 0. The first-order valence-corrected chi connectivity index (χ1v) is 4.43. The van der Waals surface area contributed by atoms with Gasteiger partial charge < -0.3 is 10.4 Å². The fourth-order valence-electron chi connectivity index (χ4n) is 1.05. The lowest BCUT2D eigenvalue weighted by atomic mass is 10.2. The van der Waals surface area contributed by atoms with Crippen LogP contribution < -0.4 is 10.9 Å². The number of benzene rings is 1. The van der Waals surface area contributed by atoms with Gasteiger partial charge in [-0.15, -0.1) is 0 Å². The van der Waals surface area contributed by atoms with Gasteiger partial charge in [0.1, 0.15) is 0 Å². The molecule has 2 rings (SSSR count). The minimum Gasteiger partial charge on any atom is -0.493 e. The Morgan fingerprint density at radius 2 is 2.18 bits per heavy atom. The third-order valence-corrected chi connectivity index (χ3v) is 1.71. The standard InChI is InChI=1S/C11H8N4O2/c12-6-7-1-3-8(4-2-7)13-11-14-9(16)5-10(17)15-11/h1-5H,(H3,13,14,15,16,17)/i1D,2D,3D,4D. The number of aromatic amines is 1. The summed E-state index contributed by atoms with van der Waals surface area (Å²) in [5.74, 6) is -0.810. The van der Waals surface area contributed by atoms with E-state index in [2.05, 4.69) is 15.3 Å². The molecule has 6 nitrogen and oxygen atoms in total. The Kier molecular flexibility index (Phi) is 1.72. The van der Waals surface area contributed by atoms with Crippen molar-refractivity contribution in [2.24, 2.45) is 0 Å². The van der Waals surface area contributed by atoms with Gasteiger partial charge in [0.15, 0.2) is 0 Å². The van der Waals surface area contributed by atoms with Crippen molar-refractivity contribution in [3.8, 4) is 11.9 Å². The van der Waals surface area contributed by atoms with Crippen molar-refractivity contribution in [1.82, 2.24) is 9.97 Å². The second-order valence-corrected chi connectivity index (χ2v) is 2.94. The number of nitrogens with zero attached hydrogens (tertiary/aromatic N) is 2. The maximum absolute atomic E-state index is 11.2. The molecule has 17 heavy (non-hydrogen) atoms. The first-order chi connectivity index (χ1) is 9.85. The molecule has 1 aromatic heterocycles. The second kappa shape index (κ2) is 4.37. The Morgan fingerprint density at radius 3 is 2.76 bits per heavy atom. The van der Waals surface area contributed by atoms with E-state index in [0.29, 0.717) is 0 Å². The summed E-state index contributed by atoms with van der Waals surface area (Å²) in [7, 11) is 0. The molecule has 1 aromatic carbocycles. The lowest BCUT2D eigenvalue weighted by Crippen LogP contribution is -2.08. The van der Waals surface area contributed by atoms with Crippen LogP contribution in [0.25, 0.3) is 0 Å². The summed E-state index contributed by atoms with van der Waals surface area (Å²) in [6, 6.07) is 0.434. The minimum absolute atomic E-state index is 0.245. The Balaban J connectivity index is 2.60. The van der Waals surface area contributed by atoms with E-state index in [1.165, 1.54) is 0 Å². The van der Waals surface area contributed by atoms with Gasteiger partial charge in [0.2, 0.25) is 11.8 Å². The van der Waals surface area contributed by atoms with Crippen LogP contribution in [0, 0.1) is 11.3 Å². The molecule has 0 fully saturated rings. The topological polar surface area (TPSA) is 102 Å². The maximum Gasteiger partial charge on any atom is 0.256 e. The molecule has 0 aliphatic heterocycles. The number of H-pyrrole nitrogens is 1. The van der Waals surface area contributed by atoms with Crippen molar-refractivity contribution in [1.29, 1.82) is 5.26 Å². The van der Waals surface area contributed by atoms with E-state index < -0.39 is 35.6 Å². The summed E-state index contributed by atoms with van der Waals surface area (Å²) in [4.78, 5) is 17.0. The van der Waals surface area contributed by atoms with Gasteiger partial charge >= 0.3 is 0 Å². The molecule has 0 spiro atoms. The van der Waals surface area contributed by atoms with Crippen LogP contribution in [0.3, 0.4) is 0 Å². The first-order valence-electron chi connectivity index (χ1n) is 6.43. The van der Waals surface area contributed by atoms with Gasteiger partial charge in [0.05, 0.1) is 23.2 Å². The molecule has 0 aliphatic rings. The first kappa shape index (κ1) is 6.70. The van der Waals surface area contributed by atoms with Gasteiger partial charge in [0, 0.05) is 5.69 Å². The van der Waals surface area contributed by atoms with E-state index in [1.54, 1.807) is 6.07 Å². The van der Waals surface area contributed by atoms with E-state index in [-0.39, 0.29) is 17.2 Å². The molecule has 0 saturated heterocycles. The lowest BCUT2D eigenvalue weighted by molar-refractivity contribution is 0.452. The molecule has 0 saturated carbocycles. The average Bonchev–Trinajstić information content (AvgIpc) is 2.41. The smallest absolute Gasteiger partial charge is 0.256 e. The molecule has 0 bridgehead atoms. The molecule has 0 aliphatic carbocycles. The molecular formula is C11H8N4O2. The Bertz CT molecular complexity index is 799. The molecule has 0 radical (unpaired) electrons. The van der Waals surface area contributed by atoms with Gasteiger partial charge in [0.25, 0.3) is 5.56 Å². The van der Waals surface area contributed by atoms with Crippen molar-refractivity contribution in [2.45, 2.75) is 0 Å². The number of nitrogens with one attached hydrogen (secondary N) is 2. The Hall–Kier alpha value is -2.81. The zero-order chi connectivity index (χ0) is 15.7. The van der Waals surface area contributed by atoms with E-state index in [1.807, 2.05) is 0 Å². The highest BCUT2D eigenvalue weighted by atomic mass is 16.3. The fourth-order valence-corrected chi connectivity index (χ4v) is 1.05. The van der Waals surface area contributed by atoms with Crippen LogP contribution in [0.5, 0.6) is 5.88 Å². The van der Waals surface area contributed by atoms with E-state index in [9.17, 15) is 9.90 Å². The summed E-state index contributed by atoms with van der Waals surface area (Å²) in [6.45, 7) is 0. The number of anilines is 2. The van der Waals surface area contributed by atoms with Crippen LogP contribution >= 0.6 is 0 Å². The molecule has 84 valence electrons. The average molecular weight is 232 g/mol. The molecule has 0 atom stereocenters. The highest BCUT2D eigenvalue weighted by Gasteiger charge is 2.00. The summed E-state index contributed by atoms with van der Waals surface area (Å²) < 4.78 is 30.8. The fraction of sp³-hybridized carbons (Fsp3) is 0. The van der Waals surface area contributed by atoms with Crippen LogP contribution in [0.1, 0.15) is 11.0 Å². The summed E-state index contributed by atoms with van der Waals surface area (Å²) in [5.41, 5.74) is -1.31. The Morgan fingerprint density at radius 1 is 1.47 bits per heavy atom. The SMILES string of the molecule is [2H]c1c([2H])c(Nc2nc(O)cc(=O)[nH]2)c([2H])c([2H])c1C#N. The monoisotopic (exact) mass is 232 g/mol. The van der Waals surface area contributed by atoms with Gasteiger partial charge in [-0.1, -0.05) is 0 Å². The van der Waals surface area contributed by atoms with Gasteiger partial charge in [-0.05, 0) is 24.2 Å². The van der Waals surface area contributed by atoms with Gasteiger partial charge in [-0.2, -0.15) is 10.2 Å². The van der Waals surface area contributed by atoms with Crippen molar-refractivity contribution >= 4 is 11.6 Å². The summed E-state index contributed by atoms with van der Waals surface area (Å²) in [5, 5.41) is 20.5. The Labute approximate surface area is 102 Å². The van der Waals surface area contributed by atoms with Crippen LogP contribution in [0.15, 0.2) is 35.0 Å². The minimum atomic E-state index is -0.658. The van der Waals surface area contributed by atoms with Gasteiger partial charge in [-0.25, -0.2) is 0 Å². The molecule has 0 amide bonds. The number of hydrogen-bond acceptors (Lipinski definition) is 5. The predicted molar refractivity (Wildman–Crippen MR) is 61.0 cm³/mol. The third-order valence-electron chi connectivity index (χ3n) is 1.71. The molecule has 2 aromatic rings. The van der Waals surface area contributed by atoms with Crippen molar-refractivity contribution in [3.63, 3.8) is 0 Å². The van der Waals surface area contributed by atoms with Gasteiger partial charge in [-0.3, -0.25) is 9.78 Å². The number of rotatable bonds is 2. The molecular weight excluding hydrogens is 220 g/mol. The zero-order valence-corrected chi connectivity index (χ0v) is 8.33. The third kappa shape index (κ3) is 2.60.